The number of hydrogen-bond acceptors (Lipinski definition) is 5. The van der Waals surface area contributed by atoms with E-state index in [0.717, 1.165) is 6.26 Å². The minimum Gasteiger partial charge on any atom is -0.353 e. The Hall–Kier alpha value is -0.170. The van der Waals surface area contributed by atoms with Crippen molar-refractivity contribution in [3.63, 3.8) is 0 Å². The van der Waals surface area contributed by atoms with Crippen molar-refractivity contribution in [3.8, 4) is 0 Å². The molecule has 0 unspecified atom stereocenters. The third-order valence-electron chi connectivity index (χ3n) is 1.94. The van der Waals surface area contributed by atoms with Gasteiger partial charge in [0.2, 0.25) is 0 Å². The van der Waals surface area contributed by atoms with E-state index < -0.39 is 15.9 Å². The van der Waals surface area contributed by atoms with Crippen LogP contribution in [0.5, 0.6) is 0 Å². The van der Waals surface area contributed by atoms with Crippen LogP contribution in [0.25, 0.3) is 0 Å². The molecule has 0 aliphatic rings. The summed E-state index contributed by atoms with van der Waals surface area (Å²) in [5.41, 5.74) is 0. The Morgan fingerprint density at radius 1 is 1.21 bits per heavy atom. The van der Waals surface area contributed by atoms with E-state index in [9.17, 15) is 8.42 Å². The third kappa shape index (κ3) is 6.31. The van der Waals surface area contributed by atoms with E-state index in [4.69, 9.17) is 9.47 Å². The molecule has 0 radical (unpaired) electrons. The fourth-order valence-corrected chi connectivity index (χ4v) is 1.31. The Morgan fingerprint density at radius 3 is 2.07 bits per heavy atom. The van der Waals surface area contributed by atoms with Crippen molar-refractivity contribution in [2.75, 3.05) is 27.1 Å². The van der Waals surface area contributed by atoms with E-state index in [1.54, 1.807) is 21.1 Å². The van der Waals surface area contributed by atoms with Crippen molar-refractivity contribution in [1.29, 1.82) is 0 Å². The molecule has 0 amide bonds. The van der Waals surface area contributed by atoms with Gasteiger partial charge in [-0.2, -0.15) is 8.42 Å². The van der Waals surface area contributed by atoms with Crippen molar-refractivity contribution in [1.82, 2.24) is 0 Å². The van der Waals surface area contributed by atoms with E-state index >= 15 is 0 Å². The zero-order chi connectivity index (χ0) is 11.2. The van der Waals surface area contributed by atoms with Crippen molar-refractivity contribution in [3.05, 3.63) is 0 Å². The molecule has 0 aromatic rings. The van der Waals surface area contributed by atoms with Gasteiger partial charge in [0.15, 0.2) is 5.79 Å². The number of ether oxygens (including phenoxy) is 2. The predicted molar refractivity (Wildman–Crippen MR) is 52.5 cm³/mol. The molecule has 0 N–H and O–H groups in total. The van der Waals surface area contributed by atoms with Crippen molar-refractivity contribution in [2.24, 2.45) is 0 Å². The van der Waals surface area contributed by atoms with Crippen molar-refractivity contribution >= 4 is 10.1 Å². The second-order valence-electron chi connectivity index (χ2n) is 3.17. The second-order valence-corrected chi connectivity index (χ2v) is 4.82. The SMILES string of the molecule is COC(C)(CCCOS(C)(=O)=O)OC. The van der Waals surface area contributed by atoms with Crippen LogP contribution < -0.4 is 0 Å². The smallest absolute Gasteiger partial charge is 0.264 e. The lowest BCUT2D eigenvalue weighted by molar-refractivity contribution is -0.198. The maximum atomic E-state index is 10.6. The zero-order valence-electron chi connectivity index (χ0n) is 9.07. The molecular weight excluding hydrogens is 208 g/mol. The lowest BCUT2D eigenvalue weighted by Crippen LogP contribution is -2.29. The van der Waals surface area contributed by atoms with Crippen molar-refractivity contribution in [2.45, 2.75) is 25.6 Å². The number of methoxy groups -OCH3 is 2. The number of hydrogen-bond donors (Lipinski definition) is 0. The van der Waals surface area contributed by atoms with Crippen LogP contribution in [0.3, 0.4) is 0 Å². The molecule has 0 aromatic heterocycles. The maximum Gasteiger partial charge on any atom is 0.264 e. The van der Waals surface area contributed by atoms with Gasteiger partial charge < -0.3 is 9.47 Å². The molecule has 0 saturated heterocycles. The highest BCUT2D eigenvalue weighted by atomic mass is 32.2. The standard InChI is InChI=1S/C8H18O5S/c1-8(11-2,12-3)6-5-7-13-14(4,9)10/h5-7H2,1-4H3. The fraction of sp³-hybridized carbons (Fsp3) is 1.00. The van der Waals surface area contributed by atoms with Crippen LogP contribution in [0.15, 0.2) is 0 Å². The van der Waals surface area contributed by atoms with E-state index in [1.165, 1.54) is 0 Å². The first kappa shape index (κ1) is 13.8. The Kier molecular flexibility index (Phi) is 5.58. The second kappa shape index (κ2) is 5.65. The molecule has 0 spiro atoms. The average Bonchev–Trinajstić information content (AvgIpc) is 2.11. The van der Waals surface area contributed by atoms with E-state index in [2.05, 4.69) is 4.18 Å². The van der Waals surface area contributed by atoms with Crippen LogP contribution in [-0.4, -0.2) is 41.3 Å². The summed E-state index contributed by atoms with van der Waals surface area (Å²) in [5, 5.41) is 0. The molecular formula is C8H18O5S. The molecule has 0 bridgehead atoms. The molecule has 0 aliphatic heterocycles. The summed E-state index contributed by atoms with van der Waals surface area (Å²) in [4.78, 5) is 0. The Morgan fingerprint density at radius 2 is 1.71 bits per heavy atom. The van der Waals surface area contributed by atoms with Crippen LogP contribution in [-0.2, 0) is 23.8 Å². The van der Waals surface area contributed by atoms with Gasteiger partial charge in [-0.25, -0.2) is 0 Å². The quantitative estimate of drug-likeness (QED) is 0.364. The van der Waals surface area contributed by atoms with Gasteiger partial charge in [0.1, 0.15) is 0 Å². The first-order valence-corrected chi connectivity index (χ1v) is 6.09. The van der Waals surface area contributed by atoms with Crippen LogP contribution in [0, 0.1) is 0 Å². The van der Waals surface area contributed by atoms with Gasteiger partial charge in [-0.1, -0.05) is 0 Å². The Balaban J connectivity index is 3.74. The summed E-state index contributed by atoms with van der Waals surface area (Å²) in [7, 11) is -0.252. The van der Waals surface area contributed by atoms with Gasteiger partial charge in [-0.05, 0) is 13.3 Å². The largest absolute Gasteiger partial charge is 0.353 e. The molecule has 0 fully saturated rings. The van der Waals surface area contributed by atoms with Crippen LogP contribution in [0.4, 0.5) is 0 Å². The summed E-state index contributed by atoms with van der Waals surface area (Å²) in [6, 6.07) is 0. The van der Waals surface area contributed by atoms with Crippen molar-refractivity contribution < 1.29 is 22.1 Å². The van der Waals surface area contributed by atoms with Crippen LogP contribution in [0.2, 0.25) is 0 Å². The molecule has 0 aromatic carbocycles. The van der Waals surface area contributed by atoms with Gasteiger partial charge in [-0.3, -0.25) is 4.18 Å². The highest BCUT2D eigenvalue weighted by Crippen LogP contribution is 2.17. The molecule has 14 heavy (non-hydrogen) atoms. The van der Waals surface area contributed by atoms with Gasteiger partial charge in [-0.15, -0.1) is 0 Å². The monoisotopic (exact) mass is 226 g/mol. The summed E-state index contributed by atoms with van der Waals surface area (Å²) in [6.07, 6.45) is 2.17. The Labute approximate surface area is 85.5 Å². The molecule has 0 rings (SSSR count). The number of rotatable bonds is 7. The maximum absolute atomic E-state index is 10.6. The van der Waals surface area contributed by atoms with Gasteiger partial charge in [0.05, 0.1) is 12.9 Å². The molecule has 0 atom stereocenters. The fourth-order valence-electron chi connectivity index (χ4n) is 0.891. The first-order valence-electron chi connectivity index (χ1n) is 4.28. The molecule has 6 heteroatoms. The molecule has 86 valence electrons. The third-order valence-corrected chi connectivity index (χ3v) is 2.53. The van der Waals surface area contributed by atoms with Gasteiger partial charge >= 0.3 is 0 Å². The summed E-state index contributed by atoms with van der Waals surface area (Å²) in [5.74, 6) is -0.666. The highest BCUT2D eigenvalue weighted by Gasteiger charge is 2.21. The lowest BCUT2D eigenvalue weighted by Gasteiger charge is -2.25. The summed E-state index contributed by atoms with van der Waals surface area (Å²) < 4.78 is 36.0. The molecule has 5 nitrogen and oxygen atoms in total. The van der Waals surface area contributed by atoms with Gasteiger partial charge in [0.25, 0.3) is 10.1 Å². The van der Waals surface area contributed by atoms with Crippen LogP contribution in [0.1, 0.15) is 19.8 Å². The van der Waals surface area contributed by atoms with Gasteiger partial charge in [0, 0.05) is 20.6 Å². The average molecular weight is 226 g/mol. The minimum atomic E-state index is -3.34. The van der Waals surface area contributed by atoms with Crippen LogP contribution >= 0.6 is 0 Å². The minimum absolute atomic E-state index is 0.154. The zero-order valence-corrected chi connectivity index (χ0v) is 9.89. The highest BCUT2D eigenvalue weighted by molar-refractivity contribution is 7.85. The van der Waals surface area contributed by atoms with E-state index in [-0.39, 0.29) is 6.61 Å². The summed E-state index contributed by atoms with van der Waals surface area (Å²) >= 11 is 0. The first-order chi connectivity index (χ1) is 6.33. The predicted octanol–water partition coefficient (Wildman–Crippen LogP) is 0.752. The Bertz CT molecular complexity index is 242. The molecule has 0 aliphatic carbocycles. The molecule has 0 saturated carbocycles. The van der Waals surface area contributed by atoms with E-state index in [0.29, 0.717) is 12.8 Å². The summed E-state index contributed by atoms with van der Waals surface area (Å²) in [6.45, 7) is 1.94. The topological polar surface area (TPSA) is 61.8 Å². The normalized spacial score (nSPS) is 13.1. The van der Waals surface area contributed by atoms with E-state index in [1.807, 2.05) is 0 Å². The molecule has 0 heterocycles. The lowest BCUT2D eigenvalue weighted by atomic mass is 10.2.